The minimum absolute atomic E-state index is 0.0503. The number of amides is 2. The molecule has 0 spiro atoms. The maximum absolute atomic E-state index is 11.5. The highest BCUT2D eigenvalue weighted by Gasteiger charge is 2.22. The molecule has 1 heterocycles. The van der Waals surface area contributed by atoms with Crippen LogP contribution in [0.2, 0.25) is 0 Å². The van der Waals surface area contributed by atoms with Gasteiger partial charge in [0.2, 0.25) is 11.8 Å². The van der Waals surface area contributed by atoms with E-state index in [9.17, 15) is 9.59 Å². The first-order valence-corrected chi connectivity index (χ1v) is 5.23. The van der Waals surface area contributed by atoms with Crippen molar-refractivity contribution in [1.29, 1.82) is 0 Å². The van der Waals surface area contributed by atoms with Gasteiger partial charge in [0.25, 0.3) is 0 Å². The smallest absolute Gasteiger partial charge is 0.229 e. The maximum Gasteiger partial charge on any atom is 0.229 e. The Morgan fingerprint density at radius 3 is 2.07 bits per heavy atom. The summed E-state index contributed by atoms with van der Waals surface area (Å²) in [6.07, 6.45) is 0.120. The molecule has 0 atom stereocenters. The fourth-order valence-electron chi connectivity index (χ4n) is 1.53. The van der Waals surface area contributed by atoms with Gasteiger partial charge in [0.05, 0.1) is 11.4 Å². The normalized spacial score (nSPS) is 16.3. The van der Waals surface area contributed by atoms with E-state index in [0.29, 0.717) is 26.2 Å². The maximum atomic E-state index is 11.5. The lowest BCUT2D eigenvalue weighted by Gasteiger charge is -2.34. The number of thiocarbonyl (C=S) groups is 1. The molecule has 5 nitrogen and oxygen atoms in total. The van der Waals surface area contributed by atoms with Crippen molar-refractivity contribution in [1.82, 2.24) is 9.80 Å². The molecule has 0 aromatic carbocycles. The van der Waals surface area contributed by atoms with Crippen molar-refractivity contribution in [2.24, 2.45) is 5.73 Å². The highest BCUT2D eigenvalue weighted by molar-refractivity contribution is 7.80. The molecule has 0 bridgehead atoms. The summed E-state index contributed by atoms with van der Waals surface area (Å²) in [5.74, 6) is 0.00199. The van der Waals surface area contributed by atoms with Gasteiger partial charge < -0.3 is 15.5 Å². The van der Waals surface area contributed by atoms with Crippen molar-refractivity contribution >= 4 is 29.0 Å². The van der Waals surface area contributed by atoms with Crippen LogP contribution in [0.4, 0.5) is 0 Å². The number of nitrogens with zero attached hydrogens (tertiary/aromatic N) is 2. The lowest BCUT2D eigenvalue weighted by Crippen LogP contribution is -2.50. The van der Waals surface area contributed by atoms with Gasteiger partial charge in [-0.25, -0.2) is 0 Å². The Bertz CT molecular complexity index is 285. The highest BCUT2D eigenvalue weighted by atomic mass is 32.1. The Balaban J connectivity index is 2.40. The second kappa shape index (κ2) is 5.06. The Morgan fingerprint density at radius 2 is 1.67 bits per heavy atom. The van der Waals surface area contributed by atoms with Crippen molar-refractivity contribution in [2.75, 3.05) is 26.2 Å². The van der Waals surface area contributed by atoms with Gasteiger partial charge in [-0.05, 0) is 0 Å². The average molecular weight is 229 g/mol. The molecule has 0 unspecified atom stereocenters. The Morgan fingerprint density at radius 1 is 1.20 bits per heavy atom. The predicted molar refractivity (Wildman–Crippen MR) is 60.2 cm³/mol. The number of carbonyl (C=O) groups excluding carboxylic acids is 2. The number of nitrogens with two attached hydrogens (primary N) is 1. The Hall–Kier alpha value is -1.17. The van der Waals surface area contributed by atoms with Gasteiger partial charge in [-0.3, -0.25) is 9.59 Å². The van der Waals surface area contributed by atoms with Crippen LogP contribution in [0, 0.1) is 0 Å². The number of hydrogen-bond donors (Lipinski definition) is 1. The third kappa shape index (κ3) is 3.47. The summed E-state index contributed by atoms with van der Waals surface area (Å²) in [7, 11) is 0. The van der Waals surface area contributed by atoms with E-state index in [1.165, 1.54) is 6.92 Å². The quantitative estimate of drug-likeness (QED) is 0.639. The Kier molecular flexibility index (Phi) is 4.02. The number of piperazine rings is 1. The third-order valence-corrected chi connectivity index (χ3v) is 2.55. The first-order chi connectivity index (χ1) is 7.00. The molecule has 2 amide bonds. The lowest BCUT2D eigenvalue weighted by atomic mass is 10.2. The topological polar surface area (TPSA) is 66.6 Å². The van der Waals surface area contributed by atoms with E-state index in [1.54, 1.807) is 9.80 Å². The number of hydrogen-bond acceptors (Lipinski definition) is 3. The average Bonchev–Trinajstić information content (AvgIpc) is 2.17. The monoisotopic (exact) mass is 229 g/mol. The molecule has 84 valence electrons. The van der Waals surface area contributed by atoms with E-state index in [4.69, 9.17) is 5.73 Å². The molecule has 15 heavy (non-hydrogen) atoms. The van der Waals surface area contributed by atoms with Crippen LogP contribution in [0.3, 0.4) is 0 Å². The van der Waals surface area contributed by atoms with Crippen LogP contribution in [0.5, 0.6) is 0 Å². The molecule has 1 fully saturated rings. The molecule has 1 aliphatic rings. The van der Waals surface area contributed by atoms with Crippen molar-refractivity contribution < 1.29 is 9.59 Å². The van der Waals surface area contributed by atoms with Crippen LogP contribution >= 0.6 is 12.2 Å². The van der Waals surface area contributed by atoms with Gasteiger partial charge in [-0.15, -0.1) is 0 Å². The SMILES string of the molecule is CC(=O)N1CCN(C(=O)CC(N)=S)CC1. The Labute approximate surface area is 94.2 Å². The van der Waals surface area contributed by atoms with Crippen LogP contribution in [0.1, 0.15) is 13.3 Å². The summed E-state index contributed by atoms with van der Waals surface area (Å²) >= 11 is 4.67. The fraction of sp³-hybridized carbons (Fsp3) is 0.667. The summed E-state index contributed by atoms with van der Waals surface area (Å²) in [6, 6.07) is 0. The van der Waals surface area contributed by atoms with Crippen molar-refractivity contribution in [3.63, 3.8) is 0 Å². The van der Waals surface area contributed by atoms with E-state index >= 15 is 0 Å². The molecule has 6 heteroatoms. The number of rotatable bonds is 2. The van der Waals surface area contributed by atoms with Gasteiger partial charge in [0, 0.05) is 33.1 Å². The molecule has 0 aliphatic carbocycles. The summed E-state index contributed by atoms with van der Waals surface area (Å²) < 4.78 is 0. The molecule has 0 radical (unpaired) electrons. The molecule has 1 aliphatic heterocycles. The van der Waals surface area contributed by atoms with Crippen molar-refractivity contribution in [3.8, 4) is 0 Å². The molecular weight excluding hydrogens is 214 g/mol. The minimum atomic E-state index is -0.0503. The van der Waals surface area contributed by atoms with Gasteiger partial charge >= 0.3 is 0 Å². The summed E-state index contributed by atoms with van der Waals surface area (Å²) in [6.45, 7) is 3.87. The van der Waals surface area contributed by atoms with E-state index in [-0.39, 0.29) is 23.2 Å². The first-order valence-electron chi connectivity index (χ1n) is 4.82. The molecule has 2 N–H and O–H groups in total. The second-order valence-corrected chi connectivity index (χ2v) is 4.05. The van der Waals surface area contributed by atoms with E-state index in [2.05, 4.69) is 12.2 Å². The predicted octanol–water partition coefficient (Wildman–Crippen LogP) is -0.647. The fourth-order valence-corrected chi connectivity index (χ4v) is 1.66. The molecule has 0 aromatic heterocycles. The number of carbonyl (C=O) groups is 2. The van der Waals surface area contributed by atoms with Crippen LogP contribution in [0.25, 0.3) is 0 Å². The molecule has 0 aromatic rings. The largest absolute Gasteiger partial charge is 0.393 e. The van der Waals surface area contributed by atoms with Crippen LogP contribution in [-0.4, -0.2) is 52.8 Å². The van der Waals surface area contributed by atoms with Gasteiger partial charge in [0.1, 0.15) is 0 Å². The molecule has 0 saturated carbocycles. The minimum Gasteiger partial charge on any atom is -0.393 e. The summed E-state index contributed by atoms with van der Waals surface area (Å²) in [4.78, 5) is 26.2. The third-order valence-electron chi connectivity index (χ3n) is 2.40. The second-order valence-electron chi connectivity index (χ2n) is 3.53. The van der Waals surface area contributed by atoms with Crippen molar-refractivity contribution in [2.45, 2.75) is 13.3 Å². The molecule has 1 saturated heterocycles. The zero-order valence-corrected chi connectivity index (χ0v) is 9.55. The van der Waals surface area contributed by atoms with Crippen LogP contribution in [-0.2, 0) is 9.59 Å². The zero-order chi connectivity index (χ0) is 11.4. The van der Waals surface area contributed by atoms with Gasteiger partial charge in [-0.1, -0.05) is 12.2 Å². The molecule has 1 rings (SSSR count). The van der Waals surface area contributed by atoms with Crippen LogP contribution < -0.4 is 5.73 Å². The van der Waals surface area contributed by atoms with Crippen LogP contribution in [0.15, 0.2) is 0 Å². The standard InChI is InChI=1S/C9H15N3O2S/c1-7(13)11-2-4-12(5-3-11)9(14)6-8(10)15/h2-6H2,1H3,(H2,10,15). The highest BCUT2D eigenvalue weighted by Crippen LogP contribution is 2.03. The zero-order valence-electron chi connectivity index (χ0n) is 8.73. The van der Waals surface area contributed by atoms with E-state index in [1.807, 2.05) is 0 Å². The molecular formula is C9H15N3O2S. The van der Waals surface area contributed by atoms with Gasteiger partial charge in [0.15, 0.2) is 0 Å². The van der Waals surface area contributed by atoms with E-state index in [0.717, 1.165) is 0 Å². The lowest BCUT2D eigenvalue weighted by molar-refractivity contribution is -0.137. The van der Waals surface area contributed by atoms with Gasteiger partial charge in [-0.2, -0.15) is 0 Å². The van der Waals surface area contributed by atoms with E-state index < -0.39 is 0 Å². The first kappa shape index (κ1) is 11.9. The summed E-state index contributed by atoms with van der Waals surface area (Å²) in [5, 5.41) is 0. The van der Waals surface area contributed by atoms with Crippen molar-refractivity contribution in [3.05, 3.63) is 0 Å². The summed E-state index contributed by atoms with van der Waals surface area (Å²) in [5.41, 5.74) is 5.29.